The van der Waals surface area contributed by atoms with E-state index < -0.39 is 5.72 Å². The van der Waals surface area contributed by atoms with Gasteiger partial charge in [-0.05, 0) is 62.6 Å². The molecule has 6 heteroatoms. The first-order valence-corrected chi connectivity index (χ1v) is 10.5. The predicted octanol–water partition coefficient (Wildman–Crippen LogP) is 1.50. The number of anilines is 1. The molecule has 0 saturated heterocycles. The highest BCUT2D eigenvalue weighted by atomic mass is 79.9. The van der Waals surface area contributed by atoms with Crippen molar-refractivity contribution in [1.82, 2.24) is 0 Å². The summed E-state index contributed by atoms with van der Waals surface area (Å²) in [5, 5.41) is 11.9. The number of halogens is 2. The van der Waals surface area contributed by atoms with Crippen LogP contribution in [0.2, 0.25) is 0 Å². The Morgan fingerprint density at radius 1 is 1.07 bits per heavy atom. The summed E-state index contributed by atoms with van der Waals surface area (Å²) in [6.45, 7) is 4.23. The van der Waals surface area contributed by atoms with Gasteiger partial charge in [-0.25, -0.2) is 0 Å². The topological polar surface area (TPSA) is 35.7 Å². The lowest BCUT2D eigenvalue weighted by Crippen LogP contribution is -3.00. The largest absolute Gasteiger partial charge is 1.00 e. The molecule has 28 heavy (non-hydrogen) atoms. The van der Waals surface area contributed by atoms with Crippen LogP contribution in [0.15, 0.2) is 53.0 Å². The van der Waals surface area contributed by atoms with Gasteiger partial charge in [0, 0.05) is 16.5 Å². The van der Waals surface area contributed by atoms with E-state index in [1.54, 1.807) is 0 Å². The van der Waals surface area contributed by atoms with E-state index >= 15 is 0 Å². The number of rotatable bonds is 4. The zero-order valence-electron chi connectivity index (χ0n) is 16.1. The van der Waals surface area contributed by atoms with Gasteiger partial charge in [-0.2, -0.15) is 4.90 Å². The first-order chi connectivity index (χ1) is 13.1. The monoisotopic (exact) mass is 508 g/mol. The summed E-state index contributed by atoms with van der Waals surface area (Å²) in [7, 11) is 0. The van der Waals surface area contributed by atoms with E-state index in [1.807, 2.05) is 43.3 Å². The molecule has 4 nitrogen and oxygen atoms in total. The van der Waals surface area contributed by atoms with E-state index in [1.165, 1.54) is 18.7 Å². The molecule has 0 aliphatic carbocycles. The smallest absolute Gasteiger partial charge is 0.275 e. The number of amidine groups is 1. The first-order valence-electron chi connectivity index (χ1n) is 9.74. The molecule has 1 atom stereocenters. The fourth-order valence-electron chi connectivity index (χ4n) is 4.18. The number of nitrogens with zero attached hydrogens (tertiary/aromatic N) is 2. The van der Waals surface area contributed by atoms with Crippen molar-refractivity contribution in [2.75, 3.05) is 24.6 Å². The highest BCUT2D eigenvalue weighted by Crippen LogP contribution is 2.38. The summed E-state index contributed by atoms with van der Waals surface area (Å²) in [5.74, 6) is 2.08. The zero-order chi connectivity index (χ0) is 18.9. The summed E-state index contributed by atoms with van der Waals surface area (Å²) in [4.78, 5) is 2.14. The Balaban J connectivity index is 0.00000225. The summed E-state index contributed by atoms with van der Waals surface area (Å²) >= 11 is 3.50. The minimum absolute atomic E-state index is 0. The summed E-state index contributed by atoms with van der Waals surface area (Å²) in [6.07, 6.45) is 4.58. The van der Waals surface area contributed by atoms with Gasteiger partial charge in [0.05, 0.1) is 13.2 Å². The third-order valence-corrected chi connectivity index (χ3v) is 5.97. The number of ether oxygens (including phenoxy) is 1. The molecule has 0 bridgehead atoms. The van der Waals surface area contributed by atoms with Gasteiger partial charge in [-0.3, -0.25) is 4.58 Å². The Kier molecular flexibility index (Phi) is 6.84. The second kappa shape index (κ2) is 8.97. The normalized spacial score (nSPS) is 21.8. The Hall–Kier alpha value is -1.37. The third-order valence-electron chi connectivity index (χ3n) is 5.45. The second-order valence-corrected chi connectivity index (χ2v) is 8.15. The average molecular weight is 510 g/mol. The quantitative estimate of drug-likeness (QED) is 0.634. The van der Waals surface area contributed by atoms with E-state index in [0.717, 1.165) is 40.9 Å². The van der Waals surface area contributed by atoms with Gasteiger partial charge in [0.15, 0.2) is 6.54 Å². The highest BCUT2D eigenvalue weighted by Gasteiger charge is 2.53. The summed E-state index contributed by atoms with van der Waals surface area (Å²) in [6, 6.07) is 16.1. The summed E-state index contributed by atoms with van der Waals surface area (Å²) < 4.78 is 8.98. The molecule has 0 fully saturated rings. The molecule has 2 aromatic rings. The average Bonchev–Trinajstić information content (AvgIpc) is 2.80. The van der Waals surface area contributed by atoms with E-state index in [2.05, 4.69) is 37.5 Å². The lowest BCUT2D eigenvalue weighted by atomic mass is 10.00. The van der Waals surface area contributed by atoms with E-state index in [4.69, 9.17) is 4.74 Å². The number of aliphatic hydroxyl groups is 1. The van der Waals surface area contributed by atoms with Crippen LogP contribution in [-0.2, 0) is 5.72 Å². The molecule has 1 unspecified atom stereocenters. The van der Waals surface area contributed by atoms with Crippen molar-refractivity contribution in [3.05, 3.63) is 58.6 Å². The molecule has 1 N–H and O–H groups in total. The van der Waals surface area contributed by atoms with Crippen molar-refractivity contribution in [2.24, 2.45) is 0 Å². The number of hydrogen-bond donors (Lipinski definition) is 1. The van der Waals surface area contributed by atoms with Crippen molar-refractivity contribution in [1.29, 1.82) is 0 Å². The van der Waals surface area contributed by atoms with Gasteiger partial charge >= 0.3 is 0 Å². The standard InChI is InChI=1S/C22H26BrN2O2.BrH/c1-2-27-20-13-11-19(12-14-20)25-21-6-4-3-5-15-24(21)16-22(25,26)17-7-9-18(23)10-8-17;/h7-14,26H,2-6,15-16H2,1H3;1H/q+1;/p-1. The number of hydrogen-bond acceptors (Lipinski definition) is 3. The second-order valence-electron chi connectivity index (χ2n) is 7.23. The lowest BCUT2D eigenvalue weighted by Gasteiger charge is -2.29. The molecule has 150 valence electrons. The molecule has 4 rings (SSSR count). The maximum atomic E-state index is 11.9. The molecule has 0 radical (unpaired) electrons. The van der Waals surface area contributed by atoms with Crippen molar-refractivity contribution in [2.45, 2.75) is 38.3 Å². The molecule has 2 aliphatic heterocycles. The molecule has 0 spiro atoms. The maximum Gasteiger partial charge on any atom is 0.275 e. The molecular weight excluding hydrogens is 484 g/mol. The van der Waals surface area contributed by atoms with Gasteiger partial charge < -0.3 is 26.8 Å². The molecule has 2 aromatic carbocycles. The molecule has 2 heterocycles. The minimum Gasteiger partial charge on any atom is -1.00 e. The van der Waals surface area contributed by atoms with Crippen molar-refractivity contribution in [3.8, 4) is 5.75 Å². The van der Waals surface area contributed by atoms with Gasteiger partial charge in [0.1, 0.15) is 11.4 Å². The Morgan fingerprint density at radius 2 is 1.79 bits per heavy atom. The maximum absolute atomic E-state index is 11.9. The third kappa shape index (κ3) is 4.00. The fourth-order valence-corrected chi connectivity index (χ4v) is 4.45. The van der Waals surface area contributed by atoms with Crippen LogP contribution in [0, 0.1) is 0 Å². The van der Waals surface area contributed by atoms with Crippen molar-refractivity contribution >= 4 is 27.5 Å². The van der Waals surface area contributed by atoms with Crippen molar-refractivity contribution < 1.29 is 31.4 Å². The fraction of sp³-hybridized carbons (Fsp3) is 0.409. The lowest BCUT2D eigenvalue weighted by molar-refractivity contribution is -0.534. The zero-order valence-corrected chi connectivity index (χ0v) is 19.2. The Bertz CT molecular complexity index is 837. The highest BCUT2D eigenvalue weighted by molar-refractivity contribution is 9.10. The number of benzene rings is 2. The van der Waals surface area contributed by atoms with Crippen LogP contribution in [0.5, 0.6) is 5.75 Å². The Morgan fingerprint density at radius 3 is 2.46 bits per heavy atom. The van der Waals surface area contributed by atoms with Crippen LogP contribution in [0.1, 0.15) is 38.2 Å². The van der Waals surface area contributed by atoms with Gasteiger partial charge in [-0.15, -0.1) is 0 Å². The molecule has 0 saturated carbocycles. The minimum atomic E-state index is -1.07. The van der Waals surface area contributed by atoms with Crippen LogP contribution in [0.25, 0.3) is 0 Å². The van der Waals surface area contributed by atoms with E-state index in [0.29, 0.717) is 13.2 Å². The van der Waals surface area contributed by atoms with Crippen LogP contribution >= 0.6 is 15.9 Å². The SMILES string of the molecule is CCOc1ccc(N2C3=[N+](CCCCC3)CC2(O)c2ccc(Br)cc2)cc1.[Br-]. The van der Waals surface area contributed by atoms with E-state index in [-0.39, 0.29) is 17.0 Å². The molecule has 0 amide bonds. The Labute approximate surface area is 185 Å². The molecule has 0 aromatic heterocycles. The van der Waals surface area contributed by atoms with Gasteiger partial charge in [0.25, 0.3) is 11.6 Å². The van der Waals surface area contributed by atoms with Crippen LogP contribution in [0.3, 0.4) is 0 Å². The summed E-state index contributed by atoms with van der Waals surface area (Å²) in [5.41, 5.74) is 0.851. The van der Waals surface area contributed by atoms with Crippen LogP contribution in [0.4, 0.5) is 5.69 Å². The van der Waals surface area contributed by atoms with Crippen LogP contribution < -0.4 is 26.6 Å². The predicted molar refractivity (Wildman–Crippen MR) is 112 cm³/mol. The van der Waals surface area contributed by atoms with E-state index in [9.17, 15) is 5.11 Å². The molecule has 2 aliphatic rings. The van der Waals surface area contributed by atoms with Gasteiger partial charge in [0.2, 0.25) is 0 Å². The molecular formula is C22H26Br2N2O2. The van der Waals surface area contributed by atoms with Gasteiger partial charge in [-0.1, -0.05) is 28.1 Å². The first kappa shape index (κ1) is 21.3. The van der Waals surface area contributed by atoms with Crippen molar-refractivity contribution in [3.63, 3.8) is 0 Å². The van der Waals surface area contributed by atoms with Crippen LogP contribution in [-0.4, -0.2) is 35.2 Å².